The Morgan fingerprint density at radius 3 is 2.06 bits per heavy atom. The molecule has 0 saturated heterocycles. The van der Waals surface area contributed by atoms with Crippen molar-refractivity contribution in [3.63, 3.8) is 0 Å². The number of allylic oxidation sites excluding steroid dienone is 1. The third kappa shape index (κ3) is 4.08. The van der Waals surface area contributed by atoms with Crippen molar-refractivity contribution in [1.82, 2.24) is 9.13 Å². The van der Waals surface area contributed by atoms with Crippen molar-refractivity contribution in [3.8, 4) is 11.4 Å². The van der Waals surface area contributed by atoms with E-state index in [0.717, 1.165) is 39.7 Å². The molecular weight excluding hydrogens is 603 g/mol. The molecule has 0 bridgehead atoms. The molecular formula is C43H31BN2O3. The molecule has 0 radical (unpaired) electrons. The minimum Gasteiger partial charge on any atom is -0.454 e. The maximum Gasteiger partial charge on any atom is 0.492 e. The molecule has 6 heteroatoms. The lowest BCUT2D eigenvalue weighted by Gasteiger charge is -2.24. The van der Waals surface area contributed by atoms with E-state index in [0.29, 0.717) is 11.0 Å². The first-order chi connectivity index (χ1) is 24.1. The highest BCUT2D eigenvalue weighted by molar-refractivity contribution is 6.61. The molecule has 3 heterocycles. The van der Waals surface area contributed by atoms with Crippen molar-refractivity contribution >= 4 is 78.9 Å². The third-order valence-corrected chi connectivity index (χ3v) is 10.4. The fraction of sp³-hybridized carbons (Fsp3) is 0.0698. The quantitative estimate of drug-likeness (QED) is 0.190. The second-order valence-electron chi connectivity index (χ2n) is 13.2. The van der Waals surface area contributed by atoms with E-state index in [9.17, 15) is 10.0 Å². The van der Waals surface area contributed by atoms with Gasteiger partial charge in [-0.2, -0.15) is 0 Å². The van der Waals surface area contributed by atoms with Crippen LogP contribution in [0, 0.1) is 5.92 Å². The zero-order chi connectivity index (χ0) is 32.8. The molecule has 0 aliphatic heterocycles. The molecule has 1 atom stereocenters. The summed E-state index contributed by atoms with van der Waals surface area (Å²) in [6.45, 7) is 2.32. The Kier molecular flexibility index (Phi) is 6.10. The second kappa shape index (κ2) is 10.6. The van der Waals surface area contributed by atoms with Crippen LogP contribution in [0.15, 0.2) is 138 Å². The summed E-state index contributed by atoms with van der Waals surface area (Å²) in [5.74, 6) is 0.265. The zero-order valence-corrected chi connectivity index (χ0v) is 26.8. The second-order valence-corrected chi connectivity index (χ2v) is 13.2. The van der Waals surface area contributed by atoms with Gasteiger partial charge in [-0.3, -0.25) is 0 Å². The fourth-order valence-electron chi connectivity index (χ4n) is 8.23. The number of nitrogens with zero attached hydrogens (tertiary/aromatic N) is 2. The van der Waals surface area contributed by atoms with Gasteiger partial charge in [0.05, 0.1) is 22.2 Å². The van der Waals surface area contributed by atoms with Crippen LogP contribution in [0.3, 0.4) is 0 Å². The first-order valence-electron chi connectivity index (χ1n) is 16.8. The summed E-state index contributed by atoms with van der Waals surface area (Å²) >= 11 is 0. The van der Waals surface area contributed by atoms with Crippen molar-refractivity contribution in [2.75, 3.05) is 0 Å². The Labute approximate surface area is 282 Å². The van der Waals surface area contributed by atoms with E-state index in [1.54, 1.807) is 6.07 Å². The number of rotatable bonds is 4. The number of hydrogen-bond donors (Lipinski definition) is 2. The Morgan fingerprint density at radius 2 is 1.27 bits per heavy atom. The van der Waals surface area contributed by atoms with Gasteiger partial charge in [0.25, 0.3) is 0 Å². The molecule has 0 amide bonds. The molecule has 9 aromatic rings. The van der Waals surface area contributed by atoms with E-state index in [1.165, 1.54) is 49.6 Å². The smallest absolute Gasteiger partial charge is 0.454 e. The molecule has 0 saturated carbocycles. The Balaban J connectivity index is 1.18. The van der Waals surface area contributed by atoms with Gasteiger partial charge in [0.2, 0.25) is 0 Å². The Bertz CT molecular complexity index is 2800. The van der Waals surface area contributed by atoms with E-state index >= 15 is 0 Å². The molecule has 0 fully saturated rings. The van der Waals surface area contributed by atoms with Crippen molar-refractivity contribution in [2.45, 2.75) is 13.3 Å². The van der Waals surface area contributed by atoms with Crippen molar-refractivity contribution in [2.24, 2.45) is 5.92 Å². The van der Waals surface area contributed by atoms with Crippen molar-refractivity contribution in [1.29, 1.82) is 0 Å². The minimum atomic E-state index is -1.62. The Morgan fingerprint density at radius 1 is 0.612 bits per heavy atom. The van der Waals surface area contributed by atoms with Gasteiger partial charge in [0.15, 0.2) is 5.58 Å². The van der Waals surface area contributed by atoms with Gasteiger partial charge in [-0.15, -0.1) is 0 Å². The van der Waals surface area contributed by atoms with Gasteiger partial charge >= 0.3 is 7.12 Å². The molecule has 1 aliphatic rings. The summed E-state index contributed by atoms with van der Waals surface area (Å²) < 4.78 is 11.2. The van der Waals surface area contributed by atoms with Crippen LogP contribution in [0.25, 0.3) is 77.7 Å². The van der Waals surface area contributed by atoms with Gasteiger partial charge in [-0.25, -0.2) is 0 Å². The molecule has 49 heavy (non-hydrogen) atoms. The van der Waals surface area contributed by atoms with Crippen LogP contribution in [0.2, 0.25) is 0 Å². The van der Waals surface area contributed by atoms with Crippen molar-refractivity contribution in [3.05, 3.63) is 150 Å². The van der Waals surface area contributed by atoms with Crippen LogP contribution in [-0.2, 0) is 6.42 Å². The molecule has 234 valence electrons. The first kappa shape index (κ1) is 28.2. The maximum atomic E-state index is 10.1. The lowest BCUT2D eigenvalue weighted by Crippen LogP contribution is -2.29. The molecule has 1 aliphatic carbocycles. The molecule has 1 unspecified atom stereocenters. The standard InChI is InChI=1S/C43H31BN2O3/c1-26-23-41-35(25-33(26)27-21-22-39-34(24-27)29-13-5-7-18-37(29)45(39)28-11-3-2-4-12-28)30-14-6-8-19-38(30)46(41)40-20-10-16-32-31-15-9-17-36(44(47)48)42(31)49-43(32)40/h2-22,24-26,47-48H,23H2,1H3. The zero-order valence-electron chi connectivity index (χ0n) is 26.8. The summed E-state index contributed by atoms with van der Waals surface area (Å²) in [6, 6.07) is 46.6. The average Bonchev–Trinajstić information content (AvgIpc) is 3.79. The number of hydrogen-bond acceptors (Lipinski definition) is 3. The highest BCUT2D eigenvalue weighted by atomic mass is 16.4. The monoisotopic (exact) mass is 634 g/mol. The van der Waals surface area contributed by atoms with Crippen LogP contribution in [0.4, 0.5) is 0 Å². The lowest BCUT2D eigenvalue weighted by atomic mass is 9.79. The SMILES string of the molecule is CC1Cc2c(c3ccccc3n2-c2cccc3c2oc2c(B(O)O)cccc23)C=C1c1ccc2c(c1)c1ccccc1n2-c1ccccc1. The van der Waals surface area contributed by atoms with E-state index in [1.807, 2.05) is 18.2 Å². The summed E-state index contributed by atoms with van der Waals surface area (Å²) in [4.78, 5) is 0. The largest absolute Gasteiger partial charge is 0.492 e. The van der Waals surface area contributed by atoms with E-state index < -0.39 is 7.12 Å². The molecule has 6 aromatic carbocycles. The van der Waals surface area contributed by atoms with E-state index in [2.05, 4.69) is 131 Å². The van der Waals surface area contributed by atoms with Gasteiger partial charge < -0.3 is 23.6 Å². The highest BCUT2D eigenvalue weighted by Gasteiger charge is 2.28. The van der Waals surface area contributed by atoms with Gasteiger partial charge in [0.1, 0.15) is 5.58 Å². The normalized spacial score (nSPS) is 14.7. The van der Waals surface area contributed by atoms with Crippen LogP contribution < -0.4 is 5.46 Å². The van der Waals surface area contributed by atoms with Crippen LogP contribution >= 0.6 is 0 Å². The molecule has 10 rings (SSSR count). The summed E-state index contributed by atoms with van der Waals surface area (Å²) in [5.41, 5.74) is 12.3. The Hall–Kier alpha value is -5.82. The molecule has 5 nitrogen and oxygen atoms in total. The highest BCUT2D eigenvalue weighted by Crippen LogP contribution is 2.44. The predicted octanol–water partition coefficient (Wildman–Crippen LogP) is 9.04. The average molecular weight is 635 g/mol. The topological polar surface area (TPSA) is 63.5 Å². The maximum absolute atomic E-state index is 10.1. The van der Waals surface area contributed by atoms with E-state index in [-0.39, 0.29) is 5.92 Å². The van der Waals surface area contributed by atoms with Crippen LogP contribution in [0.5, 0.6) is 0 Å². The van der Waals surface area contributed by atoms with Crippen LogP contribution in [0.1, 0.15) is 23.7 Å². The minimum absolute atomic E-state index is 0.265. The van der Waals surface area contributed by atoms with Gasteiger partial charge in [-0.1, -0.05) is 97.9 Å². The number of fused-ring (bicyclic) bond motifs is 9. The molecule has 0 spiro atoms. The van der Waals surface area contributed by atoms with Gasteiger partial charge in [-0.05, 0) is 72.0 Å². The summed E-state index contributed by atoms with van der Waals surface area (Å²) in [5, 5.41) is 25.7. The number of aromatic nitrogens is 2. The predicted molar refractivity (Wildman–Crippen MR) is 202 cm³/mol. The number of furan rings is 1. The molecule has 2 N–H and O–H groups in total. The first-order valence-corrected chi connectivity index (χ1v) is 16.8. The van der Waals surface area contributed by atoms with Crippen molar-refractivity contribution < 1.29 is 14.5 Å². The lowest BCUT2D eigenvalue weighted by molar-refractivity contribution is 0.425. The van der Waals surface area contributed by atoms with E-state index in [4.69, 9.17) is 4.42 Å². The summed E-state index contributed by atoms with van der Waals surface area (Å²) in [6.07, 6.45) is 3.26. The molecule has 3 aromatic heterocycles. The van der Waals surface area contributed by atoms with Gasteiger partial charge in [0, 0.05) is 49.3 Å². The fourth-order valence-corrected chi connectivity index (χ4v) is 8.23. The number of para-hydroxylation sites is 5. The number of benzene rings is 6. The third-order valence-electron chi connectivity index (χ3n) is 10.4. The van der Waals surface area contributed by atoms with Crippen LogP contribution in [-0.4, -0.2) is 26.3 Å². The summed E-state index contributed by atoms with van der Waals surface area (Å²) in [7, 11) is -1.62.